The molecular formula is C36H41F9N4O4. The van der Waals surface area contributed by atoms with E-state index in [4.69, 9.17) is 14.6 Å². The molecule has 53 heavy (non-hydrogen) atoms. The van der Waals surface area contributed by atoms with Crippen molar-refractivity contribution < 1.29 is 58.9 Å². The first-order valence-electron chi connectivity index (χ1n) is 17.1. The minimum absolute atomic E-state index is 0.00796. The van der Waals surface area contributed by atoms with Gasteiger partial charge in [0.25, 0.3) is 0 Å². The summed E-state index contributed by atoms with van der Waals surface area (Å²) in [4.78, 5) is 23.4. The van der Waals surface area contributed by atoms with Gasteiger partial charge < -0.3 is 24.4 Å². The van der Waals surface area contributed by atoms with Crippen LogP contribution in [0.3, 0.4) is 0 Å². The van der Waals surface area contributed by atoms with Crippen LogP contribution in [0.15, 0.2) is 48.8 Å². The second kappa shape index (κ2) is 17.7. The van der Waals surface area contributed by atoms with Crippen molar-refractivity contribution in [3.8, 4) is 5.75 Å². The van der Waals surface area contributed by atoms with E-state index in [1.54, 1.807) is 6.92 Å². The first-order chi connectivity index (χ1) is 24.9. The number of aromatic nitrogens is 2. The summed E-state index contributed by atoms with van der Waals surface area (Å²) in [5, 5.41) is 9.06. The number of hydrogen-bond donors (Lipinski definition) is 1. The Labute approximate surface area is 300 Å². The zero-order valence-electron chi connectivity index (χ0n) is 29.1. The molecule has 3 aromatic rings. The molecule has 1 aliphatic rings. The number of esters is 1. The molecule has 1 heterocycles. The van der Waals surface area contributed by atoms with Gasteiger partial charge in [-0.2, -0.15) is 39.5 Å². The van der Waals surface area contributed by atoms with Crippen molar-refractivity contribution in [2.45, 2.75) is 77.6 Å². The van der Waals surface area contributed by atoms with Crippen LogP contribution in [0, 0.1) is 11.8 Å². The molecule has 1 aliphatic carbocycles. The average Bonchev–Trinajstić information content (AvgIpc) is 3.09. The fourth-order valence-electron chi connectivity index (χ4n) is 6.42. The lowest BCUT2D eigenvalue weighted by atomic mass is 9.80. The lowest BCUT2D eigenvalue weighted by Gasteiger charge is -2.35. The first-order valence-corrected chi connectivity index (χ1v) is 17.1. The molecule has 1 N–H and O–H groups in total. The van der Waals surface area contributed by atoms with E-state index in [0.29, 0.717) is 37.3 Å². The summed E-state index contributed by atoms with van der Waals surface area (Å²) in [6.07, 6.45) is -9.32. The number of carbonyl (C=O) groups excluding carboxylic acids is 1. The highest BCUT2D eigenvalue weighted by Crippen LogP contribution is 2.39. The van der Waals surface area contributed by atoms with E-state index in [2.05, 4.69) is 9.97 Å². The van der Waals surface area contributed by atoms with E-state index in [-0.39, 0.29) is 61.0 Å². The number of anilines is 2. The predicted molar refractivity (Wildman–Crippen MR) is 177 cm³/mol. The molecule has 0 unspecified atom stereocenters. The maximum Gasteiger partial charge on any atom is 0.416 e. The number of halogens is 9. The number of rotatable bonds is 15. The van der Waals surface area contributed by atoms with Gasteiger partial charge in [0.2, 0.25) is 5.95 Å². The molecule has 0 radical (unpaired) electrons. The summed E-state index contributed by atoms with van der Waals surface area (Å²) in [7, 11) is 0. The standard InChI is InChI=1S/C36H41F9N4O4/c1-3-48(20-24-7-5-23(6-8-24)15-32(51)52-4-2)31-10-9-27(34(37,38)39)16-26(31)22-49(33-46-18-30(19-47-33)53-12-11-50)21-25-13-28(35(40,41)42)17-29(14-25)36(43,44)45/h9-10,13-14,16-19,23-24,50H,3-8,11-12,15,20-22H2,1-2H3/t23-,24-. The Balaban J connectivity index is 1.72. The third kappa shape index (κ3) is 11.9. The summed E-state index contributed by atoms with van der Waals surface area (Å²) < 4.78 is 135. The zero-order chi connectivity index (χ0) is 39.0. The van der Waals surface area contributed by atoms with Crippen molar-refractivity contribution in [2.75, 3.05) is 42.7 Å². The van der Waals surface area contributed by atoms with Crippen LogP contribution in [0.2, 0.25) is 0 Å². The molecule has 0 saturated heterocycles. The molecule has 0 spiro atoms. The van der Waals surface area contributed by atoms with Gasteiger partial charge in [0.15, 0.2) is 5.75 Å². The van der Waals surface area contributed by atoms with Crippen LogP contribution < -0.4 is 14.5 Å². The summed E-state index contributed by atoms with van der Waals surface area (Å²) in [5.41, 5.74) is -4.06. The highest BCUT2D eigenvalue weighted by molar-refractivity contribution is 5.69. The minimum atomic E-state index is -5.13. The largest absolute Gasteiger partial charge is 0.488 e. The van der Waals surface area contributed by atoms with Crippen molar-refractivity contribution in [1.29, 1.82) is 0 Å². The van der Waals surface area contributed by atoms with Gasteiger partial charge in [-0.15, -0.1) is 0 Å². The van der Waals surface area contributed by atoms with Crippen molar-refractivity contribution in [3.05, 3.63) is 76.6 Å². The van der Waals surface area contributed by atoms with Crippen molar-refractivity contribution in [3.63, 3.8) is 0 Å². The molecule has 1 aromatic heterocycles. The lowest BCUT2D eigenvalue weighted by molar-refractivity contribution is -0.145. The van der Waals surface area contributed by atoms with Gasteiger partial charge in [-0.25, -0.2) is 9.97 Å². The van der Waals surface area contributed by atoms with Crippen LogP contribution >= 0.6 is 0 Å². The van der Waals surface area contributed by atoms with E-state index >= 15 is 0 Å². The molecular weight excluding hydrogens is 723 g/mol. The van der Waals surface area contributed by atoms with E-state index < -0.39 is 53.9 Å². The number of nitrogens with zero attached hydrogens (tertiary/aromatic N) is 4. The Bertz CT molecular complexity index is 1610. The topological polar surface area (TPSA) is 88.0 Å². The predicted octanol–water partition coefficient (Wildman–Crippen LogP) is 8.70. The summed E-state index contributed by atoms with van der Waals surface area (Å²) in [6.45, 7) is 3.13. The molecule has 1 saturated carbocycles. The van der Waals surface area contributed by atoms with Crippen molar-refractivity contribution >= 4 is 17.6 Å². The molecule has 2 aromatic carbocycles. The number of carbonyl (C=O) groups is 1. The average molecular weight is 765 g/mol. The van der Waals surface area contributed by atoms with Gasteiger partial charge >= 0.3 is 24.5 Å². The number of benzene rings is 2. The quantitative estimate of drug-likeness (QED) is 0.122. The van der Waals surface area contributed by atoms with Gasteiger partial charge in [0.05, 0.1) is 42.3 Å². The molecule has 0 aliphatic heterocycles. The minimum Gasteiger partial charge on any atom is -0.488 e. The van der Waals surface area contributed by atoms with E-state index in [0.717, 1.165) is 37.8 Å². The SMILES string of the molecule is CCOC(=O)C[C@H]1CC[C@H](CN(CC)c2ccc(C(F)(F)F)cc2CN(Cc2cc(C(F)(F)F)cc(C(F)(F)F)c2)c2ncc(OCCO)cn2)CC1. The second-order valence-electron chi connectivity index (χ2n) is 12.8. The normalized spacial score (nSPS) is 16.7. The Morgan fingerprint density at radius 1 is 0.792 bits per heavy atom. The Hall–Kier alpha value is -4.28. The maximum atomic E-state index is 14.1. The molecule has 4 rings (SSSR count). The molecule has 292 valence electrons. The smallest absolute Gasteiger partial charge is 0.416 e. The highest BCUT2D eigenvalue weighted by atomic mass is 19.4. The van der Waals surface area contributed by atoms with Crippen LogP contribution in [-0.2, 0) is 41.1 Å². The molecule has 8 nitrogen and oxygen atoms in total. The lowest BCUT2D eigenvalue weighted by Crippen LogP contribution is -2.33. The Morgan fingerprint density at radius 2 is 1.38 bits per heavy atom. The third-order valence-electron chi connectivity index (χ3n) is 8.97. The summed E-state index contributed by atoms with van der Waals surface area (Å²) in [5.74, 6) is -0.0834. The number of aliphatic hydroxyl groups excluding tert-OH is 1. The van der Waals surface area contributed by atoms with Crippen molar-refractivity contribution in [1.82, 2.24) is 9.97 Å². The summed E-state index contributed by atoms with van der Waals surface area (Å²) >= 11 is 0. The fraction of sp³-hybridized carbons (Fsp3) is 0.528. The van der Waals surface area contributed by atoms with Crippen LogP contribution in [0.4, 0.5) is 51.1 Å². The van der Waals surface area contributed by atoms with Gasteiger partial charge in [0.1, 0.15) is 6.61 Å². The van der Waals surface area contributed by atoms with Gasteiger partial charge in [0, 0.05) is 38.3 Å². The highest BCUT2D eigenvalue weighted by Gasteiger charge is 2.37. The van der Waals surface area contributed by atoms with Gasteiger partial charge in [-0.05, 0) is 98.9 Å². The number of alkyl halides is 9. The Morgan fingerprint density at radius 3 is 1.91 bits per heavy atom. The molecule has 0 amide bonds. The fourth-order valence-corrected chi connectivity index (χ4v) is 6.42. The Kier molecular flexibility index (Phi) is 13.8. The van der Waals surface area contributed by atoms with E-state index in [1.807, 2.05) is 11.8 Å². The molecule has 0 atom stereocenters. The molecule has 1 fully saturated rings. The second-order valence-corrected chi connectivity index (χ2v) is 12.8. The van der Waals surface area contributed by atoms with Gasteiger partial charge in [-0.1, -0.05) is 0 Å². The van der Waals surface area contributed by atoms with E-state index in [9.17, 15) is 44.3 Å². The van der Waals surface area contributed by atoms with Crippen molar-refractivity contribution in [2.24, 2.45) is 11.8 Å². The van der Waals surface area contributed by atoms with Crippen LogP contribution in [0.25, 0.3) is 0 Å². The first kappa shape index (κ1) is 41.5. The monoisotopic (exact) mass is 764 g/mol. The van der Waals surface area contributed by atoms with Crippen LogP contribution in [0.1, 0.15) is 73.8 Å². The maximum absolute atomic E-state index is 14.1. The molecule has 17 heteroatoms. The number of aliphatic hydroxyl groups is 1. The zero-order valence-corrected chi connectivity index (χ0v) is 29.1. The number of hydrogen-bond acceptors (Lipinski definition) is 8. The van der Waals surface area contributed by atoms with E-state index in [1.165, 1.54) is 23.4 Å². The van der Waals surface area contributed by atoms with Gasteiger partial charge in [-0.3, -0.25) is 4.79 Å². The number of ether oxygens (including phenoxy) is 2. The molecule has 0 bridgehead atoms. The summed E-state index contributed by atoms with van der Waals surface area (Å²) in [6, 6.07) is 4.23. The third-order valence-corrected chi connectivity index (χ3v) is 8.97. The van der Waals surface area contributed by atoms with Crippen LogP contribution in [0.5, 0.6) is 5.75 Å². The van der Waals surface area contributed by atoms with Crippen LogP contribution in [-0.4, -0.2) is 54.0 Å².